The molecular weight excluding hydrogens is 376 g/mol. The SMILES string of the molecule is CCN(CC)[C@@H](CNC(=O)COc1ccccc1OC)c1ccc(C(C)(C)C)cc1. The van der Waals surface area contributed by atoms with Crippen molar-refractivity contribution in [2.75, 3.05) is 33.4 Å². The Labute approximate surface area is 181 Å². The second-order valence-corrected chi connectivity index (χ2v) is 8.35. The number of hydrogen-bond donors (Lipinski definition) is 1. The molecule has 0 radical (unpaired) electrons. The van der Waals surface area contributed by atoms with Crippen LogP contribution in [0.5, 0.6) is 11.5 Å². The number of amides is 1. The molecule has 0 aliphatic heterocycles. The van der Waals surface area contributed by atoms with Crippen LogP contribution in [0.4, 0.5) is 0 Å². The standard InChI is InChI=1S/C25H36N2O3/c1-7-27(8-2)21(19-13-15-20(16-14-19)25(3,4)5)17-26-24(28)18-30-23-12-10-9-11-22(23)29-6/h9-16,21H,7-8,17-18H2,1-6H3,(H,26,28)/t21-/m0/s1. The Hall–Kier alpha value is -2.53. The number of hydrogen-bond acceptors (Lipinski definition) is 4. The van der Waals surface area contributed by atoms with Gasteiger partial charge in [-0.15, -0.1) is 0 Å². The van der Waals surface area contributed by atoms with Gasteiger partial charge in [-0.3, -0.25) is 9.69 Å². The highest BCUT2D eigenvalue weighted by Crippen LogP contribution is 2.27. The van der Waals surface area contributed by atoms with Gasteiger partial charge < -0.3 is 14.8 Å². The normalized spacial score (nSPS) is 12.5. The Kier molecular flexibility index (Phi) is 8.72. The zero-order chi connectivity index (χ0) is 22.1. The van der Waals surface area contributed by atoms with Crippen LogP contribution in [0.2, 0.25) is 0 Å². The molecule has 0 aliphatic carbocycles. The summed E-state index contributed by atoms with van der Waals surface area (Å²) in [5.41, 5.74) is 2.63. The Morgan fingerprint density at radius 3 is 2.13 bits per heavy atom. The number of para-hydroxylation sites is 2. The molecule has 0 fully saturated rings. The highest BCUT2D eigenvalue weighted by Gasteiger charge is 2.20. The molecule has 0 spiro atoms. The van der Waals surface area contributed by atoms with Gasteiger partial charge in [0.05, 0.1) is 13.2 Å². The van der Waals surface area contributed by atoms with Crippen LogP contribution in [0.3, 0.4) is 0 Å². The van der Waals surface area contributed by atoms with E-state index in [4.69, 9.17) is 9.47 Å². The number of benzene rings is 2. The first-order chi connectivity index (χ1) is 14.3. The summed E-state index contributed by atoms with van der Waals surface area (Å²) in [6.45, 7) is 13.2. The van der Waals surface area contributed by atoms with Gasteiger partial charge in [-0.1, -0.05) is 71.0 Å². The summed E-state index contributed by atoms with van der Waals surface area (Å²) in [5, 5.41) is 3.04. The number of ether oxygens (including phenoxy) is 2. The topological polar surface area (TPSA) is 50.8 Å². The summed E-state index contributed by atoms with van der Waals surface area (Å²) in [7, 11) is 1.59. The van der Waals surface area contributed by atoms with Crippen molar-refractivity contribution in [1.29, 1.82) is 0 Å². The summed E-state index contributed by atoms with van der Waals surface area (Å²) in [5.74, 6) is 1.03. The summed E-state index contributed by atoms with van der Waals surface area (Å²) < 4.78 is 10.9. The highest BCUT2D eigenvalue weighted by atomic mass is 16.5. The van der Waals surface area contributed by atoms with Crippen LogP contribution in [-0.2, 0) is 10.2 Å². The average molecular weight is 413 g/mol. The van der Waals surface area contributed by atoms with E-state index in [0.717, 1.165) is 13.1 Å². The maximum atomic E-state index is 12.4. The fraction of sp³-hybridized carbons (Fsp3) is 0.480. The van der Waals surface area contributed by atoms with Gasteiger partial charge in [0.15, 0.2) is 18.1 Å². The Morgan fingerprint density at radius 1 is 1.00 bits per heavy atom. The number of methoxy groups -OCH3 is 1. The van der Waals surface area contributed by atoms with E-state index in [1.165, 1.54) is 11.1 Å². The summed E-state index contributed by atoms with van der Waals surface area (Å²) in [6.07, 6.45) is 0. The summed E-state index contributed by atoms with van der Waals surface area (Å²) in [4.78, 5) is 14.8. The van der Waals surface area contributed by atoms with Crippen molar-refractivity contribution in [2.24, 2.45) is 0 Å². The minimum Gasteiger partial charge on any atom is -0.493 e. The third kappa shape index (κ3) is 6.49. The minimum absolute atomic E-state index is 0.0473. The van der Waals surface area contributed by atoms with Crippen LogP contribution in [0.15, 0.2) is 48.5 Å². The van der Waals surface area contributed by atoms with Gasteiger partial charge in [-0.25, -0.2) is 0 Å². The lowest BCUT2D eigenvalue weighted by molar-refractivity contribution is -0.123. The fourth-order valence-electron chi connectivity index (χ4n) is 3.47. The summed E-state index contributed by atoms with van der Waals surface area (Å²) in [6, 6.07) is 16.2. The molecule has 5 nitrogen and oxygen atoms in total. The number of likely N-dealkylation sites (N-methyl/N-ethyl adjacent to an activating group) is 1. The zero-order valence-electron chi connectivity index (χ0n) is 19.2. The maximum Gasteiger partial charge on any atom is 0.258 e. The van der Waals surface area contributed by atoms with Gasteiger partial charge in [0.25, 0.3) is 5.91 Å². The maximum absolute atomic E-state index is 12.4. The molecule has 1 amide bonds. The van der Waals surface area contributed by atoms with E-state index in [-0.39, 0.29) is 24.0 Å². The van der Waals surface area contributed by atoms with Gasteiger partial charge in [0.2, 0.25) is 0 Å². The van der Waals surface area contributed by atoms with Crippen LogP contribution < -0.4 is 14.8 Å². The van der Waals surface area contributed by atoms with Crippen molar-refractivity contribution >= 4 is 5.91 Å². The van der Waals surface area contributed by atoms with Crippen molar-refractivity contribution in [2.45, 2.75) is 46.1 Å². The second-order valence-electron chi connectivity index (χ2n) is 8.35. The largest absolute Gasteiger partial charge is 0.493 e. The zero-order valence-corrected chi connectivity index (χ0v) is 19.2. The number of carbonyl (C=O) groups is 1. The van der Waals surface area contributed by atoms with E-state index >= 15 is 0 Å². The molecule has 1 N–H and O–H groups in total. The monoisotopic (exact) mass is 412 g/mol. The first-order valence-corrected chi connectivity index (χ1v) is 10.7. The molecule has 30 heavy (non-hydrogen) atoms. The van der Waals surface area contributed by atoms with Crippen LogP contribution in [-0.4, -0.2) is 44.2 Å². The van der Waals surface area contributed by atoms with Gasteiger partial charge in [0, 0.05) is 6.54 Å². The number of nitrogens with zero attached hydrogens (tertiary/aromatic N) is 1. The third-order valence-corrected chi connectivity index (χ3v) is 5.34. The van der Waals surface area contributed by atoms with E-state index < -0.39 is 0 Å². The van der Waals surface area contributed by atoms with Crippen molar-refractivity contribution in [3.05, 3.63) is 59.7 Å². The van der Waals surface area contributed by atoms with Crippen LogP contribution in [0.1, 0.15) is 51.8 Å². The van der Waals surface area contributed by atoms with E-state index in [1.807, 2.05) is 18.2 Å². The highest BCUT2D eigenvalue weighted by molar-refractivity contribution is 5.77. The molecule has 0 aromatic heterocycles. The fourth-order valence-corrected chi connectivity index (χ4v) is 3.47. The van der Waals surface area contributed by atoms with Crippen molar-refractivity contribution in [1.82, 2.24) is 10.2 Å². The smallest absolute Gasteiger partial charge is 0.258 e. The number of carbonyl (C=O) groups excluding carboxylic acids is 1. The van der Waals surface area contributed by atoms with Crippen molar-refractivity contribution in [3.63, 3.8) is 0 Å². The van der Waals surface area contributed by atoms with Gasteiger partial charge in [-0.05, 0) is 41.8 Å². The van der Waals surface area contributed by atoms with Crippen LogP contribution >= 0.6 is 0 Å². The first kappa shape index (κ1) is 23.7. The molecule has 0 unspecified atom stereocenters. The lowest BCUT2D eigenvalue weighted by Gasteiger charge is -2.31. The van der Waals surface area contributed by atoms with Gasteiger partial charge >= 0.3 is 0 Å². The minimum atomic E-state index is -0.149. The quantitative estimate of drug-likeness (QED) is 0.621. The third-order valence-electron chi connectivity index (χ3n) is 5.34. The van der Waals surface area contributed by atoms with Crippen LogP contribution in [0, 0.1) is 0 Å². The molecule has 1 atom stereocenters. The average Bonchev–Trinajstić information content (AvgIpc) is 2.74. The molecule has 0 saturated heterocycles. The molecule has 0 aliphatic rings. The predicted octanol–water partition coefficient (Wildman–Crippen LogP) is 4.57. The molecule has 0 saturated carbocycles. The van der Waals surface area contributed by atoms with Gasteiger partial charge in [0.1, 0.15) is 0 Å². The Bertz CT molecular complexity index is 793. The lowest BCUT2D eigenvalue weighted by Crippen LogP contribution is -2.39. The van der Waals surface area contributed by atoms with Gasteiger partial charge in [-0.2, -0.15) is 0 Å². The summed E-state index contributed by atoms with van der Waals surface area (Å²) >= 11 is 0. The number of rotatable bonds is 10. The van der Waals surface area contributed by atoms with Crippen LogP contribution in [0.25, 0.3) is 0 Å². The molecule has 0 heterocycles. The molecule has 2 aromatic rings. The molecule has 164 valence electrons. The molecular formula is C25H36N2O3. The van der Waals surface area contributed by atoms with Crippen molar-refractivity contribution in [3.8, 4) is 11.5 Å². The second kappa shape index (κ2) is 11.0. The molecule has 5 heteroatoms. The van der Waals surface area contributed by atoms with E-state index in [0.29, 0.717) is 18.0 Å². The lowest BCUT2D eigenvalue weighted by atomic mass is 9.86. The Morgan fingerprint density at radius 2 is 1.60 bits per heavy atom. The van der Waals surface area contributed by atoms with Crippen molar-refractivity contribution < 1.29 is 14.3 Å². The molecule has 2 rings (SSSR count). The van der Waals surface area contributed by atoms with E-state index in [2.05, 4.69) is 69.1 Å². The van der Waals surface area contributed by atoms with E-state index in [9.17, 15) is 4.79 Å². The predicted molar refractivity (Wildman–Crippen MR) is 122 cm³/mol. The van der Waals surface area contributed by atoms with E-state index in [1.54, 1.807) is 13.2 Å². The number of nitrogens with one attached hydrogen (secondary N) is 1. The Balaban J connectivity index is 2.03. The first-order valence-electron chi connectivity index (χ1n) is 10.7. The molecule has 0 bridgehead atoms. The molecule has 2 aromatic carbocycles.